The molecule has 5 nitrogen and oxygen atoms in total. The van der Waals surface area contributed by atoms with Gasteiger partial charge < -0.3 is 5.32 Å². The maximum atomic E-state index is 11.8. The van der Waals surface area contributed by atoms with Gasteiger partial charge in [0.15, 0.2) is 0 Å². The Hall–Kier alpha value is -1.07. The minimum absolute atomic E-state index is 0.232. The van der Waals surface area contributed by atoms with E-state index in [1.54, 1.807) is 4.68 Å². The van der Waals surface area contributed by atoms with Crippen LogP contribution in [0, 0.1) is 12.8 Å². The average molecular weight is 339 g/mol. The summed E-state index contributed by atoms with van der Waals surface area (Å²) in [6.07, 6.45) is 6.41. The number of carbonyl (C=O) groups excluding carboxylic acids is 1. The molecule has 1 aromatic heterocycles. The van der Waals surface area contributed by atoms with Gasteiger partial charge in [-0.15, -0.1) is 0 Å². The van der Waals surface area contributed by atoms with Gasteiger partial charge in [-0.25, -0.2) is 0 Å². The van der Waals surface area contributed by atoms with Crippen LogP contribution < -0.4 is 5.32 Å². The number of amides is 1. The molecule has 1 amide bonds. The summed E-state index contributed by atoms with van der Waals surface area (Å²) < 4.78 is 1.75. The minimum atomic E-state index is 0.232. The van der Waals surface area contributed by atoms with Gasteiger partial charge in [-0.05, 0) is 51.5 Å². The van der Waals surface area contributed by atoms with E-state index in [9.17, 15) is 4.79 Å². The molecule has 1 unspecified atom stereocenters. The van der Waals surface area contributed by atoms with Crippen molar-refractivity contribution in [2.45, 2.75) is 58.0 Å². The molecule has 0 bridgehead atoms. The zero-order chi connectivity index (χ0) is 16.4. The van der Waals surface area contributed by atoms with E-state index in [0.717, 1.165) is 55.3 Å². The molecule has 6 heteroatoms. The SMILES string of the molecule is Cc1nn(C)c(Cl)c1CN1CCCC(CCC(=O)NC2CC2)C1. The average Bonchev–Trinajstić information content (AvgIpc) is 3.30. The predicted molar refractivity (Wildman–Crippen MR) is 91.4 cm³/mol. The standard InChI is InChI=1S/C17H27ClN4O/c1-12-15(17(18)21(2)20-12)11-22-9-3-4-13(10-22)5-8-16(23)19-14-6-7-14/h13-14H,3-11H2,1-2H3,(H,19,23). The van der Waals surface area contributed by atoms with E-state index in [-0.39, 0.29) is 5.91 Å². The summed E-state index contributed by atoms with van der Waals surface area (Å²) >= 11 is 6.35. The lowest BCUT2D eigenvalue weighted by Gasteiger charge is -2.32. The fourth-order valence-electron chi connectivity index (χ4n) is 3.47. The second-order valence-electron chi connectivity index (χ2n) is 7.10. The molecule has 3 rings (SSSR count). The number of hydrogen-bond acceptors (Lipinski definition) is 3. The summed E-state index contributed by atoms with van der Waals surface area (Å²) in [6, 6.07) is 0.473. The van der Waals surface area contributed by atoms with E-state index in [4.69, 9.17) is 11.6 Å². The highest BCUT2D eigenvalue weighted by Gasteiger charge is 2.25. The third-order valence-corrected chi connectivity index (χ3v) is 5.45. The van der Waals surface area contributed by atoms with Crippen LogP contribution in [0.3, 0.4) is 0 Å². The first kappa shape index (κ1) is 16.8. The van der Waals surface area contributed by atoms with Gasteiger partial charge in [0.25, 0.3) is 0 Å². The lowest BCUT2D eigenvalue weighted by molar-refractivity contribution is -0.121. The smallest absolute Gasteiger partial charge is 0.220 e. The fraction of sp³-hybridized carbons (Fsp3) is 0.765. The first-order valence-corrected chi connectivity index (χ1v) is 9.10. The summed E-state index contributed by atoms with van der Waals surface area (Å²) in [6.45, 7) is 5.05. The molecule has 1 aromatic rings. The van der Waals surface area contributed by atoms with Crippen molar-refractivity contribution < 1.29 is 4.79 Å². The summed E-state index contributed by atoms with van der Waals surface area (Å²) in [7, 11) is 1.89. The van der Waals surface area contributed by atoms with E-state index in [0.29, 0.717) is 18.4 Å². The van der Waals surface area contributed by atoms with Crippen LogP contribution in [0.2, 0.25) is 5.15 Å². The molecule has 2 heterocycles. The molecule has 1 N–H and O–H groups in total. The summed E-state index contributed by atoms with van der Waals surface area (Å²) in [4.78, 5) is 14.3. The van der Waals surface area contributed by atoms with Crippen molar-refractivity contribution in [2.24, 2.45) is 13.0 Å². The molecule has 0 aromatic carbocycles. The van der Waals surface area contributed by atoms with Crippen molar-refractivity contribution in [3.63, 3.8) is 0 Å². The third-order valence-electron chi connectivity index (χ3n) is 4.98. The first-order valence-electron chi connectivity index (χ1n) is 8.72. The van der Waals surface area contributed by atoms with Crippen molar-refractivity contribution in [1.82, 2.24) is 20.0 Å². The molecule has 1 atom stereocenters. The zero-order valence-electron chi connectivity index (χ0n) is 14.1. The Morgan fingerprint density at radius 3 is 2.83 bits per heavy atom. The molecular formula is C17H27ClN4O. The number of likely N-dealkylation sites (tertiary alicyclic amines) is 1. The highest BCUT2D eigenvalue weighted by Crippen LogP contribution is 2.26. The summed E-state index contributed by atoms with van der Waals surface area (Å²) in [5.41, 5.74) is 2.16. The summed E-state index contributed by atoms with van der Waals surface area (Å²) in [5, 5.41) is 8.22. The number of aromatic nitrogens is 2. The van der Waals surface area contributed by atoms with E-state index in [1.807, 2.05) is 14.0 Å². The number of nitrogens with one attached hydrogen (secondary N) is 1. The number of piperidine rings is 1. The second-order valence-corrected chi connectivity index (χ2v) is 7.46. The van der Waals surface area contributed by atoms with Crippen LogP contribution in [0.1, 0.15) is 49.8 Å². The Balaban J connectivity index is 1.48. The van der Waals surface area contributed by atoms with Gasteiger partial charge in [0.1, 0.15) is 5.15 Å². The molecule has 1 aliphatic carbocycles. The maximum Gasteiger partial charge on any atom is 0.220 e. The van der Waals surface area contributed by atoms with Crippen LogP contribution >= 0.6 is 11.6 Å². The molecule has 0 spiro atoms. The molecule has 0 radical (unpaired) electrons. The lowest BCUT2D eigenvalue weighted by Crippen LogP contribution is -2.36. The van der Waals surface area contributed by atoms with E-state index in [2.05, 4.69) is 15.3 Å². The topological polar surface area (TPSA) is 50.2 Å². The van der Waals surface area contributed by atoms with Crippen LogP contribution in [0.4, 0.5) is 0 Å². The fourth-order valence-corrected chi connectivity index (χ4v) is 3.70. The van der Waals surface area contributed by atoms with Crippen molar-refractivity contribution in [3.05, 3.63) is 16.4 Å². The van der Waals surface area contributed by atoms with E-state index in [1.165, 1.54) is 12.8 Å². The maximum absolute atomic E-state index is 11.8. The normalized spacial score (nSPS) is 22.3. The Labute approximate surface area is 143 Å². The number of halogens is 1. The molecular weight excluding hydrogens is 312 g/mol. The van der Waals surface area contributed by atoms with Crippen molar-refractivity contribution in [1.29, 1.82) is 0 Å². The van der Waals surface area contributed by atoms with Gasteiger partial charge in [-0.1, -0.05) is 11.6 Å². The number of nitrogens with zero attached hydrogens (tertiary/aromatic N) is 3. The second kappa shape index (κ2) is 7.22. The van der Waals surface area contributed by atoms with Crippen molar-refractivity contribution >= 4 is 17.5 Å². The zero-order valence-corrected chi connectivity index (χ0v) is 14.9. The molecule has 1 saturated carbocycles. The Kier molecular flexibility index (Phi) is 5.27. The monoisotopic (exact) mass is 338 g/mol. The third kappa shape index (κ3) is 4.48. The van der Waals surface area contributed by atoms with Crippen LogP contribution in [0.25, 0.3) is 0 Å². The molecule has 2 aliphatic rings. The van der Waals surface area contributed by atoms with Crippen LogP contribution in [0.5, 0.6) is 0 Å². The van der Waals surface area contributed by atoms with Crippen molar-refractivity contribution in [2.75, 3.05) is 13.1 Å². The Morgan fingerprint density at radius 2 is 2.17 bits per heavy atom. The predicted octanol–water partition coefficient (Wildman–Crippen LogP) is 2.65. The largest absolute Gasteiger partial charge is 0.353 e. The molecule has 1 aliphatic heterocycles. The van der Waals surface area contributed by atoms with Gasteiger partial charge in [0.2, 0.25) is 5.91 Å². The highest BCUT2D eigenvalue weighted by atomic mass is 35.5. The number of aryl methyl sites for hydroxylation is 2. The van der Waals surface area contributed by atoms with Crippen LogP contribution in [-0.2, 0) is 18.4 Å². The van der Waals surface area contributed by atoms with Gasteiger partial charge in [-0.2, -0.15) is 5.10 Å². The Morgan fingerprint density at radius 1 is 1.39 bits per heavy atom. The lowest BCUT2D eigenvalue weighted by atomic mass is 9.93. The number of carbonyl (C=O) groups is 1. The molecule has 1 saturated heterocycles. The molecule has 128 valence electrons. The van der Waals surface area contributed by atoms with Crippen LogP contribution in [-0.4, -0.2) is 39.7 Å². The minimum Gasteiger partial charge on any atom is -0.353 e. The van der Waals surface area contributed by atoms with Gasteiger partial charge in [0.05, 0.1) is 5.69 Å². The molecule has 2 fully saturated rings. The quantitative estimate of drug-likeness (QED) is 0.867. The molecule has 23 heavy (non-hydrogen) atoms. The van der Waals surface area contributed by atoms with E-state index < -0.39 is 0 Å². The van der Waals surface area contributed by atoms with Crippen molar-refractivity contribution in [3.8, 4) is 0 Å². The van der Waals surface area contributed by atoms with Crippen LogP contribution in [0.15, 0.2) is 0 Å². The van der Waals surface area contributed by atoms with Gasteiger partial charge in [-0.3, -0.25) is 14.4 Å². The Bertz CT molecular complexity index is 567. The van der Waals surface area contributed by atoms with Gasteiger partial charge in [0, 0.05) is 38.2 Å². The van der Waals surface area contributed by atoms with Gasteiger partial charge >= 0.3 is 0 Å². The summed E-state index contributed by atoms with van der Waals surface area (Å²) in [5.74, 6) is 0.847. The number of hydrogen-bond donors (Lipinski definition) is 1. The number of rotatable bonds is 6. The van der Waals surface area contributed by atoms with E-state index >= 15 is 0 Å². The first-order chi connectivity index (χ1) is 11.0. The highest BCUT2D eigenvalue weighted by molar-refractivity contribution is 6.30.